The number of likely N-dealkylation sites (tertiary alicyclic amines) is 1. The largest absolute Gasteiger partial charge is 0.329 e. The molecular weight excluding hydrogens is 599 g/mol. The zero-order valence-corrected chi connectivity index (χ0v) is 25.3. The smallest absolute Gasteiger partial charge is 0.264 e. The van der Waals surface area contributed by atoms with E-state index in [1.807, 2.05) is 6.20 Å². The lowest BCUT2D eigenvalue weighted by atomic mass is 9.92. The Bertz CT molecular complexity index is 1610. The second-order valence-electron chi connectivity index (χ2n) is 10.9. The maximum absolute atomic E-state index is 13.5. The molecule has 11 nitrogen and oxygen atoms in total. The number of aromatic nitrogens is 5. The molecule has 0 bridgehead atoms. The number of carbonyl (C=O) groups excluding carboxylic acids is 1. The number of fused-ring (bicyclic) bond motifs is 1. The summed E-state index contributed by atoms with van der Waals surface area (Å²) in [4.78, 5) is 24.9. The molecule has 1 aromatic carbocycles. The van der Waals surface area contributed by atoms with Crippen molar-refractivity contribution in [1.29, 1.82) is 0 Å². The molecule has 1 N–H and O–H groups in total. The van der Waals surface area contributed by atoms with Gasteiger partial charge in [0.1, 0.15) is 11.9 Å². The van der Waals surface area contributed by atoms with Gasteiger partial charge in [-0.3, -0.25) is 9.10 Å². The summed E-state index contributed by atoms with van der Waals surface area (Å²) in [5, 5.41) is 11.6. The highest BCUT2D eigenvalue weighted by Crippen LogP contribution is 2.32. The number of halogens is 2. The van der Waals surface area contributed by atoms with Gasteiger partial charge in [-0.1, -0.05) is 34.8 Å². The zero-order chi connectivity index (χ0) is 29.3. The predicted molar refractivity (Wildman–Crippen MR) is 157 cm³/mol. The Morgan fingerprint density at radius 1 is 1.07 bits per heavy atom. The summed E-state index contributed by atoms with van der Waals surface area (Å²) in [6, 6.07) is 2.90. The van der Waals surface area contributed by atoms with Gasteiger partial charge in [-0.05, 0) is 63.4 Å². The molecule has 0 unspecified atom stereocenters. The van der Waals surface area contributed by atoms with Crippen molar-refractivity contribution in [3.63, 3.8) is 0 Å². The maximum Gasteiger partial charge on any atom is 0.264 e. The highest BCUT2D eigenvalue weighted by molar-refractivity contribution is 7.89. The Hall–Kier alpha value is -3.06. The van der Waals surface area contributed by atoms with E-state index in [2.05, 4.69) is 25.5 Å². The van der Waals surface area contributed by atoms with Crippen molar-refractivity contribution in [1.82, 2.24) is 39.5 Å². The van der Waals surface area contributed by atoms with E-state index >= 15 is 0 Å². The molecule has 3 aliphatic rings. The van der Waals surface area contributed by atoms with Crippen molar-refractivity contribution in [3.8, 4) is 0 Å². The van der Waals surface area contributed by atoms with Crippen LogP contribution in [0.15, 0.2) is 47.9 Å². The Kier molecular flexibility index (Phi) is 8.49. The molecule has 1 saturated heterocycles. The minimum Gasteiger partial charge on any atom is -0.329 e. The third-order valence-corrected chi connectivity index (χ3v) is 10.6. The molecule has 6 rings (SSSR count). The fraction of sp³-hybridized carbons (Fsp3) is 0.464. The first kappa shape index (κ1) is 29.0. The van der Waals surface area contributed by atoms with Crippen LogP contribution in [0.2, 0.25) is 10.0 Å². The van der Waals surface area contributed by atoms with E-state index in [9.17, 15) is 13.2 Å². The van der Waals surface area contributed by atoms with Crippen LogP contribution in [0.5, 0.6) is 0 Å². The number of carbonyl (C=O) groups is 1. The summed E-state index contributed by atoms with van der Waals surface area (Å²) in [5.41, 5.74) is 2.57. The van der Waals surface area contributed by atoms with Gasteiger partial charge >= 0.3 is 0 Å². The van der Waals surface area contributed by atoms with E-state index < -0.39 is 22.0 Å². The molecule has 1 fully saturated rings. The summed E-state index contributed by atoms with van der Waals surface area (Å²) in [6.45, 7) is 3.29. The van der Waals surface area contributed by atoms with E-state index in [-0.39, 0.29) is 27.4 Å². The number of benzene rings is 1. The van der Waals surface area contributed by atoms with Crippen molar-refractivity contribution in [2.75, 3.05) is 19.6 Å². The fourth-order valence-electron chi connectivity index (χ4n) is 5.86. The van der Waals surface area contributed by atoms with Crippen molar-refractivity contribution in [3.05, 3.63) is 75.8 Å². The molecule has 0 saturated carbocycles. The first-order valence-electron chi connectivity index (χ1n) is 14.2. The molecule has 2 aliphatic heterocycles. The number of rotatable bonds is 8. The second kappa shape index (κ2) is 12.3. The summed E-state index contributed by atoms with van der Waals surface area (Å²) in [6.07, 6.45) is 13.7. The number of nitrogens with zero attached hydrogens (tertiary/aromatic N) is 7. The fourth-order valence-corrected chi connectivity index (χ4v) is 7.70. The van der Waals surface area contributed by atoms with E-state index in [0.717, 1.165) is 66.7 Å². The second-order valence-corrected chi connectivity index (χ2v) is 13.6. The molecule has 222 valence electrons. The third kappa shape index (κ3) is 6.03. The molecule has 4 heterocycles. The van der Waals surface area contributed by atoms with Gasteiger partial charge in [-0.2, -0.15) is 0 Å². The number of aryl methyl sites for hydroxylation is 1. The van der Waals surface area contributed by atoms with Gasteiger partial charge in [-0.15, -0.1) is 5.10 Å². The Balaban J connectivity index is 1.18. The maximum atomic E-state index is 13.5. The SMILES string of the molecule is O=C1NC=CN(S(=O)(=O)c2ccc(Cl)c(Cl)c2)[C@H]1Cc1cn([C@@H]2CCCc3nc(CCN4CCCCC4)ncc32)nn1. The van der Waals surface area contributed by atoms with Crippen molar-refractivity contribution in [2.45, 2.75) is 68.3 Å². The summed E-state index contributed by atoms with van der Waals surface area (Å²) >= 11 is 12.1. The molecule has 1 amide bonds. The van der Waals surface area contributed by atoms with Crippen LogP contribution in [0.4, 0.5) is 0 Å². The highest BCUT2D eigenvalue weighted by Gasteiger charge is 2.37. The van der Waals surface area contributed by atoms with Crippen molar-refractivity contribution < 1.29 is 13.2 Å². The third-order valence-electron chi connectivity index (χ3n) is 8.10. The monoisotopic (exact) mass is 630 g/mol. The average molecular weight is 632 g/mol. The Labute approximate surface area is 255 Å². The minimum atomic E-state index is -4.11. The normalized spacial score (nSPS) is 21.3. The quantitative estimate of drug-likeness (QED) is 0.401. The van der Waals surface area contributed by atoms with Gasteiger partial charge < -0.3 is 10.2 Å². The van der Waals surface area contributed by atoms with Crippen molar-refractivity contribution >= 4 is 39.1 Å². The number of piperidine rings is 1. The summed E-state index contributed by atoms with van der Waals surface area (Å²) in [5.74, 6) is 0.406. The molecule has 0 spiro atoms. The highest BCUT2D eigenvalue weighted by atomic mass is 35.5. The Morgan fingerprint density at radius 3 is 2.71 bits per heavy atom. The van der Waals surface area contributed by atoms with Gasteiger partial charge in [0.05, 0.1) is 26.7 Å². The average Bonchev–Trinajstić information content (AvgIpc) is 3.47. The lowest BCUT2D eigenvalue weighted by Gasteiger charge is -2.31. The number of amides is 1. The van der Waals surface area contributed by atoms with Crippen LogP contribution in [0.1, 0.15) is 60.9 Å². The summed E-state index contributed by atoms with van der Waals surface area (Å²) < 4.78 is 29.8. The van der Waals surface area contributed by atoms with E-state index in [1.165, 1.54) is 49.9 Å². The standard InChI is InChI=1S/C28H32Cl2N8O3S/c29-22-8-7-20(16-23(22)30)42(40,41)38-14-10-31-28(39)26(38)15-19-18-37(35-34-19)25-6-4-5-24-21(25)17-32-27(33-24)9-13-36-11-2-1-3-12-36/h7-8,10,14,16-18,25-26H,1-6,9,11-13,15H2,(H,31,39)/t25-,26+/m1/s1. The topological polar surface area (TPSA) is 126 Å². The van der Waals surface area contributed by atoms with Gasteiger partial charge in [0, 0.05) is 55.4 Å². The van der Waals surface area contributed by atoms with Crippen LogP contribution >= 0.6 is 23.2 Å². The van der Waals surface area contributed by atoms with E-state index in [1.54, 1.807) is 10.9 Å². The Morgan fingerprint density at radius 2 is 1.90 bits per heavy atom. The molecular formula is C28H32Cl2N8O3S. The van der Waals surface area contributed by atoms with Gasteiger partial charge in [0.2, 0.25) is 5.91 Å². The molecule has 0 radical (unpaired) electrons. The molecule has 2 atom stereocenters. The lowest BCUT2D eigenvalue weighted by Crippen LogP contribution is -2.50. The molecule has 42 heavy (non-hydrogen) atoms. The van der Waals surface area contributed by atoms with Gasteiger partial charge in [0.25, 0.3) is 10.0 Å². The van der Waals surface area contributed by atoms with E-state index in [4.69, 9.17) is 28.2 Å². The van der Waals surface area contributed by atoms with Crippen LogP contribution in [-0.4, -0.2) is 74.2 Å². The minimum absolute atomic E-state index is 0.0300. The van der Waals surface area contributed by atoms with E-state index in [0.29, 0.717) is 5.69 Å². The number of hydrogen-bond acceptors (Lipinski definition) is 8. The van der Waals surface area contributed by atoms with Crippen molar-refractivity contribution in [2.24, 2.45) is 0 Å². The zero-order valence-electron chi connectivity index (χ0n) is 23.0. The molecule has 3 aromatic rings. The van der Waals surface area contributed by atoms with Crippen LogP contribution in [-0.2, 0) is 34.1 Å². The predicted octanol–water partition coefficient (Wildman–Crippen LogP) is 3.53. The molecule has 2 aromatic heterocycles. The van der Waals surface area contributed by atoms with Crippen LogP contribution in [0, 0.1) is 0 Å². The summed E-state index contributed by atoms with van der Waals surface area (Å²) in [7, 11) is -4.11. The number of sulfonamides is 1. The van der Waals surface area contributed by atoms with Gasteiger partial charge in [-0.25, -0.2) is 23.1 Å². The number of nitrogens with one attached hydrogen (secondary N) is 1. The van der Waals surface area contributed by atoms with Crippen LogP contribution < -0.4 is 5.32 Å². The molecule has 1 aliphatic carbocycles. The first-order valence-corrected chi connectivity index (χ1v) is 16.4. The van der Waals surface area contributed by atoms with Gasteiger partial charge in [0.15, 0.2) is 0 Å². The molecule has 14 heteroatoms. The first-order chi connectivity index (χ1) is 20.3. The van der Waals surface area contributed by atoms with Crippen LogP contribution in [0.25, 0.3) is 0 Å². The van der Waals surface area contributed by atoms with Crippen LogP contribution in [0.3, 0.4) is 0 Å². The number of hydrogen-bond donors (Lipinski definition) is 1. The lowest BCUT2D eigenvalue weighted by molar-refractivity contribution is -0.124.